The Bertz CT molecular complexity index is 336. The summed E-state index contributed by atoms with van der Waals surface area (Å²) >= 11 is 0. The SMILES string of the molecule is CCCNC1CC(Oc2ccccc2F)C1. The molecule has 88 valence electrons. The second-order valence-electron chi connectivity index (χ2n) is 4.29. The molecule has 0 spiro atoms. The van der Waals surface area contributed by atoms with Gasteiger partial charge in [0.2, 0.25) is 0 Å². The lowest BCUT2D eigenvalue weighted by atomic mass is 9.89. The second-order valence-corrected chi connectivity index (χ2v) is 4.29. The predicted octanol–water partition coefficient (Wildman–Crippen LogP) is 2.74. The first-order valence-corrected chi connectivity index (χ1v) is 5.94. The Kier molecular flexibility index (Phi) is 3.78. The lowest BCUT2D eigenvalue weighted by Gasteiger charge is -2.36. The molecule has 1 aliphatic rings. The number of halogens is 1. The molecule has 1 saturated carbocycles. The summed E-state index contributed by atoms with van der Waals surface area (Å²) in [5, 5.41) is 3.43. The molecular weight excluding hydrogens is 205 g/mol. The lowest BCUT2D eigenvalue weighted by molar-refractivity contribution is 0.0812. The number of hydrogen-bond donors (Lipinski definition) is 1. The van der Waals surface area contributed by atoms with Gasteiger partial charge in [-0.1, -0.05) is 19.1 Å². The molecule has 0 unspecified atom stereocenters. The third-order valence-electron chi connectivity index (χ3n) is 2.91. The largest absolute Gasteiger partial charge is 0.487 e. The van der Waals surface area contributed by atoms with Crippen molar-refractivity contribution in [2.24, 2.45) is 0 Å². The first kappa shape index (κ1) is 11.4. The summed E-state index contributed by atoms with van der Waals surface area (Å²) in [4.78, 5) is 0. The van der Waals surface area contributed by atoms with Gasteiger partial charge in [-0.25, -0.2) is 4.39 Å². The van der Waals surface area contributed by atoms with Crippen LogP contribution in [0.3, 0.4) is 0 Å². The Morgan fingerprint density at radius 3 is 2.81 bits per heavy atom. The molecule has 0 atom stereocenters. The smallest absolute Gasteiger partial charge is 0.165 e. The summed E-state index contributed by atoms with van der Waals surface area (Å²) in [5.41, 5.74) is 0. The van der Waals surface area contributed by atoms with E-state index in [2.05, 4.69) is 12.2 Å². The number of benzene rings is 1. The molecular formula is C13H18FNO. The minimum atomic E-state index is -0.271. The molecule has 1 aliphatic carbocycles. The number of nitrogens with one attached hydrogen (secondary N) is 1. The molecule has 16 heavy (non-hydrogen) atoms. The third kappa shape index (κ3) is 2.73. The summed E-state index contributed by atoms with van der Waals surface area (Å²) < 4.78 is 18.8. The Hall–Kier alpha value is -1.09. The van der Waals surface area contributed by atoms with Gasteiger partial charge in [-0.3, -0.25) is 0 Å². The molecule has 2 nitrogen and oxygen atoms in total. The van der Waals surface area contributed by atoms with Crippen LogP contribution in [0.15, 0.2) is 24.3 Å². The molecule has 0 aliphatic heterocycles. The van der Waals surface area contributed by atoms with Crippen LogP contribution < -0.4 is 10.1 Å². The number of rotatable bonds is 5. The van der Waals surface area contributed by atoms with E-state index in [1.165, 1.54) is 6.07 Å². The first-order chi connectivity index (χ1) is 7.79. The molecule has 1 aromatic rings. The first-order valence-electron chi connectivity index (χ1n) is 5.94. The minimum absolute atomic E-state index is 0.172. The molecule has 0 heterocycles. The zero-order valence-corrected chi connectivity index (χ0v) is 9.58. The molecule has 0 bridgehead atoms. The average Bonchev–Trinajstić information content (AvgIpc) is 2.24. The topological polar surface area (TPSA) is 21.3 Å². The normalized spacial score (nSPS) is 23.9. The molecule has 0 amide bonds. The highest BCUT2D eigenvalue weighted by Gasteiger charge is 2.30. The van der Waals surface area contributed by atoms with Gasteiger partial charge >= 0.3 is 0 Å². The van der Waals surface area contributed by atoms with Gasteiger partial charge in [0.1, 0.15) is 6.10 Å². The summed E-state index contributed by atoms with van der Waals surface area (Å²) in [6, 6.07) is 7.14. The van der Waals surface area contributed by atoms with E-state index in [9.17, 15) is 4.39 Å². The van der Waals surface area contributed by atoms with Crippen LogP contribution in [0.1, 0.15) is 26.2 Å². The fraction of sp³-hybridized carbons (Fsp3) is 0.538. The van der Waals surface area contributed by atoms with Crippen LogP contribution in [0.5, 0.6) is 5.75 Å². The van der Waals surface area contributed by atoms with Gasteiger partial charge in [0.15, 0.2) is 11.6 Å². The zero-order valence-electron chi connectivity index (χ0n) is 9.58. The van der Waals surface area contributed by atoms with Crippen molar-refractivity contribution >= 4 is 0 Å². The van der Waals surface area contributed by atoms with Gasteiger partial charge < -0.3 is 10.1 Å². The van der Waals surface area contributed by atoms with Crippen LogP contribution >= 0.6 is 0 Å². The van der Waals surface area contributed by atoms with Crippen molar-refractivity contribution in [2.45, 2.75) is 38.3 Å². The lowest BCUT2D eigenvalue weighted by Crippen LogP contribution is -2.47. The average molecular weight is 223 g/mol. The maximum absolute atomic E-state index is 13.3. The molecule has 0 aromatic heterocycles. The zero-order chi connectivity index (χ0) is 11.4. The molecule has 2 rings (SSSR count). The van der Waals surface area contributed by atoms with E-state index in [0.717, 1.165) is 25.8 Å². The van der Waals surface area contributed by atoms with E-state index >= 15 is 0 Å². The highest BCUT2D eigenvalue weighted by molar-refractivity contribution is 5.24. The Morgan fingerprint density at radius 2 is 2.12 bits per heavy atom. The van der Waals surface area contributed by atoms with E-state index < -0.39 is 0 Å². The van der Waals surface area contributed by atoms with Gasteiger partial charge in [-0.05, 0) is 37.9 Å². The van der Waals surface area contributed by atoms with Gasteiger partial charge in [0, 0.05) is 6.04 Å². The maximum atomic E-state index is 13.3. The summed E-state index contributed by atoms with van der Waals surface area (Å²) in [6.45, 7) is 3.20. The van der Waals surface area contributed by atoms with Crippen molar-refractivity contribution in [1.82, 2.24) is 5.32 Å². The van der Waals surface area contributed by atoms with Crippen LogP contribution in [0.25, 0.3) is 0 Å². The Labute approximate surface area is 95.8 Å². The van der Waals surface area contributed by atoms with Gasteiger partial charge in [-0.15, -0.1) is 0 Å². The van der Waals surface area contributed by atoms with E-state index in [4.69, 9.17) is 4.74 Å². The summed E-state index contributed by atoms with van der Waals surface area (Å²) in [6.07, 6.45) is 3.28. The quantitative estimate of drug-likeness (QED) is 0.828. The second kappa shape index (κ2) is 5.30. The Morgan fingerprint density at radius 1 is 1.38 bits per heavy atom. The highest BCUT2D eigenvalue weighted by Crippen LogP contribution is 2.27. The van der Waals surface area contributed by atoms with Crippen molar-refractivity contribution in [2.75, 3.05) is 6.54 Å². The van der Waals surface area contributed by atoms with Crippen molar-refractivity contribution < 1.29 is 9.13 Å². The maximum Gasteiger partial charge on any atom is 0.165 e. The number of para-hydroxylation sites is 1. The van der Waals surface area contributed by atoms with Crippen molar-refractivity contribution in [3.8, 4) is 5.75 Å². The number of hydrogen-bond acceptors (Lipinski definition) is 2. The molecule has 1 fully saturated rings. The van der Waals surface area contributed by atoms with E-state index in [1.54, 1.807) is 18.2 Å². The van der Waals surface area contributed by atoms with Crippen LogP contribution in [-0.2, 0) is 0 Å². The minimum Gasteiger partial charge on any atom is -0.487 e. The Balaban J connectivity index is 1.75. The van der Waals surface area contributed by atoms with Crippen molar-refractivity contribution in [1.29, 1.82) is 0 Å². The molecule has 1 N–H and O–H groups in total. The third-order valence-corrected chi connectivity index (χ3v) is 2.91. The monoisotopic (exact) mass is 223 g/mol. The fourth-order valence-electron chi connectivity index (χ4n) is 1.90. The van der Waals surface area contributed by atoms with Crippen LogP contribution in [0.4, 0.5) is 4.39 Å². The van der Waals surface area contributed by atoms with Crippen LogP contribution in [0.2, 0.25) is 0 Å². The summed E-state index contributed by atoms with van der Waals surface area (Å²) in [5.74, 6) is 0.105. The van der Waals surface area contributed by atoms with Gasteiger partial charge in [-0.2, -0.15) is 0 Å². The van der Waals surface area contributed by atoms with Crippen molar-refractivity contribution in [3.63, 3.8) is 0 Å². The predicted molar refractivity (Wildman–Crippen MR) is 62.1 cm³/mol. The van der Waals surface area contributed by atoms with Crippen molar-refractivity contribution in [3.05, 3.63) is 30.1 Å². The van der Waals surface area contributed by atoms with E-state index in [0.29, 0.717) is 11.8 Å². The number of ether oxygens (including phenoxy) is 1. The molecule has 0 radical (unpaired) electrons. The van der Waals surface area contributed by atoms with E-state index in [-0.39, 0.29) is 11.9 Å². The van der Waals surface area contributed by atoms with Crippen LogP contribution in [-0.4, -0.2) is 18.7 Å². The van der Waals surface area contributed by atoms with Crippen LogP contribution in [0, 0.1) is 5.82 Å². The molecule has 3 heteroatoms. The van der Waals surface area contributed by atoms with Gasteiger partial charge in [0.05, 0.1) is 0 Å². The standard InChI is InChI=1S/C13H18FNO/c1-2-7-15-10-8-11(9-10)16-13-6-4-3-5-12(13)14/h3-6,10-11,15H,2,7-9H2,1H3. The molecule has 0 saturated heterocycles. The summed E-state index contributed by atoms with van der Waals surface area (Å²) in [7, 11) is 0. The fourth-order valence-corrected chi connectivity index (χ4v) is 1.90. The highest BCUT2D eigenvalue weighted by atomic mass is 19.1. The van der Waals surface area contributed by atoms with E-state index in [1.807, 2.05) is 0 Å². The van der Waals surface area contributed by atoms with Gasteiger partial charge in [0.25, 0.3) is 0 Å². The molecule has 1 aromatic carbocycles.